The lowest BCUT2D eigenvalue weighted by Gasteiger charge is -2.19. The van der Waals surface area contributed by atoms with Gasteiger partial charge in [0.2, 0.25) is 0 Å². The second kappa shape index (κ2) is 10.4. The predicted octanol–water partition coefficient (Wildman–Crippen LogP) is 3.28. The Balaban J connectivity index is 1.75. The molecular formula is C20H26FN3O2. The molecule has 5 nitrogen and oxygen atoms in total. The first-order chi connectivity index (χ1) is 12.6. The molecule has 6 heteroatoms. The third-order valence-electron chi connectivity index (χ3n) is 3.90. The van der Waals surface area contributed by atoms with E-state index in [2.05, 4.69) is 15.6 Å². The van der Waals surface area contributed by atoms with E-state index in [0.29, 0.717) is 25.7 Å². The summed E-state index contributed by atoms with van der Waals surface area (Å²) >= 11 is 0. The fourth-order valence-corrected chi connectivity index (χ4v) is 2.44. The van der Waals surface area contributed by atoms with Crippen LogP contribution in [0.15, 0.2) is 53.5 Å². The number of hydrogen-bond donors (Lipinski definition) is 2. The Morgan fingerprint density at radius 1 is 1.19 bits per heavy atom. The standard InChI is InChI=1S/C20H26FN3O2/c1-15(17-9-10-19(25-3)18(21)13-17)24-20(22-2)23-11-12-26-14-16-7-5-4-6-8-16/h4-10,13,15H,11-12,14H2,1-3H3,(H2,22,23,24). The van der Waals surface area contributed by atoms with Gasteiger partial charge in [0, 0.05) is 13.6 Å². The van der Waals surface area contributed by atoms with E-state index in [-0.39, 0.29) is 17.6 Å². The van der Waals surface area contributed by atoms with Crippen LogP contribution >= 0.6 is 0 Å². The molecule has 26 heavy (non-hydrogen) atoms. The molecule has 0 heterocycles. The lowest BCUT2D eigenvalue weighted by Crippen LogP contribution is -2.40. The second-order valence-electron chi connectivity index (χ2n) is 5.80. The molecule has 0 bridgehead atoms. The van der Waals surface area contributed by atoms with Gasteiger partial charge in [-0.05, 0) is 30.2 Å². The molecule has 2 aromatic rings. The number of benzene rings is 2. The number of methoxy groups -OCH3 is 1. The van der Waals surface area contributed by atoms with Gasteiger partial charge in [-0.3, -0.25) is 4.99 Å². The first-order valence-electron chi connectivity index (χ1n) is 8.56. The van der Waals surface area contributed by atoms with E-state index in [1.807, 2.05) is 43.3 Å². The number of nitrogens with one attached hydrogen (secondary N) is 2. The van der Waals surface area contributed by atoms with E-state index in [4.69, 9.17) is 9.47 Å². The lowest BCUT2D eigenvalue weighted by atomic mass is 10.1. The molecule has 1 unspecified atom stereocenters. The van der Waals surface area contributed by atoms with Gasteiger partial charge in [-0.2, -0.15) is 0 Å². The van der Waals surface area contributed by atoms with Crippen molar-refractivity contribution >= 4 is 5.96 Å². The summed E-state index contributed by atoms with van der Waals surface area (Å²) in [6.07, 6.45) is 0. The average Bonchev–Trinajstić information content (AvgIpc) is 2.67. The Labute approximate surface area is 154 Å². The molecule has 1 atom stereocenters. The van der Waals surface area contributed by atoms with E-state index in [0.717, 1.165) is 11.1 Å². The zero-order valence-electron chi connectivity index (χ0n) is 15.5. The molecule has 0 saturated heterocycles. The van der Waals surface area contributed by atoms with E-state index >= 15 is 0 Å². The topological polar surface area (TPSA) is 54.9 Å². The molecule has 0 aliphatic carbocycles. The van der Waals surface area contributed by atoms with Gasteiger partial charge in [-0.1, -0.05) is 36.4 Å². The molecule has 0 fully saturated rings. The van der Waals surface area contributed by atoms with Gasteiger partial charge in [0.05, 0.1) is 26.4 Å². The van der Waals surface area contributed by atoms with Crippen LogP contribution in [0, 0.1) is 5.82 Å². The lowest BCUT2D eigenvalue weighted by molar-refractivity contribution is 0.125. The summed E-state index contributed by atoms with van der Waals surface area (Å²) in [5.74, 6) is 0.493. The highest BCUT2D eigenvalue weighted by molar-refractivity contribution is 5.80. The maximum atomic E-state index is 13.8. The van der Waals surface area contributed by atoms with Crippen molar-refractivity contribution in [2.24, 2.45) is 4.99 Å². The number of aliphatic imine (C=N–C) groups is 1. The Kier molecular flexibility index (Phi) is 7.89. The summed E-state index contributed by atoms with van der Waals surface area (Å²) in [6, 6.07) is 14.8. The average molecular weight is 359 g/mol. The zero-order valence-corrected chi connectivity index (χ0v) is 15.5. The molecule has 0 amide bonds. The van der Waals surface area contributed by atoms with Crippen LogP contribution in [0.3, 0.4) is 0 Å². The van der Waals surface area contributed by atoms with Crippen molar-refractivity contribution in [3.63, 3.8) is 0 Å². The molecule has 0 spiro atoms. The highest BCUT2D eigenvalue weighted by Gasteiger charge is 2.11. The van der Waals surface area contributed by atoms with Crippen LogP contribution in [0.4, 0.5) is 4.39 Å². The van der Waals surface area contributed by atoms with Gasteiger partial charge in [0.1, 0.15) is 0 Å². The minimum atomic E-state index is -0.379. The van der Waals surface area contributed by atoms with Gasteiger partial charge >= 0.3 is 0 Å². The Hall–Kier alpha value is -2.60. The van der Waals surface area contributed by atoms with Crippen LogP contribution < -0.4 is 15.4 Å². The number of hydrogen-bond acceptors (Lipinski definition) is 3. The minimum Gasteiger partial charge on any atom is -0.494 e. The van der Waals surface area contributed by atoms with E-state index in [1.54, 1.807) is 13.1 Å². The van der Waals surface area contributed by atoms with Crippen molar-refractivity contribution in [1.29, 1.82) is 0 Å². The third-order valence-corrected chi connectivity index (χ3v) is 3.90. The molecule has 0 aliphatic heterocycles. The normalized spacial score (nSPS) is 12.5. The molecule has 0 saturated carbocycles. The smallest absolute Gasteiger partial charge is 0.191 e. The van der Waals surface area contributed by atoms with Crippen LogP contribution in [-0.2, 0) is 11.3 Å². The molecule has 2 aromatic carbocycles. The number of nitrogens with zero attached hydrogens (tertiary/aromatic N) is 1. The predicted molar refractivity (Wildman–Crippen MR) is 102 cm³/mol. The summed E-state index contributed by atoms with van der Waals surface area (Å²) in [7, 11) is 3.15. The van der Waals surface area contributed by atoms with Gasteiger partial charge in [-0.25, -0.2) is 4.39 Å². The summed E-state index contributed by atoms with van der Waals surface area (Å²) in [4.78, 5) is 4.19. The number of ether oxygens (including phenoxy) is 2. The molecule has 140 valence electrons. The molecule has 0 aromatic heterocycles. The van der Waals surface area contributed by atoms with Crippen molar-refractivity contribution in [3.05, 3.63) is 65.5 Å². The molecular weight excluding hydrogens is 333 g/mol. The number of halogens is 1. The second-order valence-corrected chi connectivity index (χ2v) is 5.80. The largest absolute Gasteiger partial charge is 0.494 e. The van der Waals surface area contributed by atoms with Crippen LogP contribution in [0.1, 0.15) is 24.1 Å². The Morgan fingerprint density at radius 2 is 1.96 bits per heavy atom. The van der Waals surface area contributed by atoms with Crippen LogP contribution in [-0.4, -0.2) is 33.3 Å². The highest BCUT2D eigenvalue weighted by Crippen LogP contribution is 2.21. The van der Waals surface area contributed by atoms with Crippen LogP contribution in [0.25, 0.3) is 0 Å². The summed E-state index contributed by atoms with van der Waals surface area (Å²) < 4.78 is 24.4. The first-order valence-corrected chi connectivity index (χ1v) is 8.56. The maximum absolute atomic E-state index is 13.8. The number of rotatable bonds is 8. The van der Waals surface area contributed by atoms with E-state index in [9.17, 15) is 4.39 Å². The van der Waals surface area contributed by atoms with E-state index < -0.39 is 0 Å². The van der Waals surface area contributed by atoms with Gasteiger partial charge in [-0.15, -0.1) is 0 Å². The molecule has 2 rings (SSSR count). The van der Waals surface area contributed by atoms with E-state index in [1.165, 1.54) is 13.2 Å². The molecule has 2 N–H and O–H groups in total. The highest BCUT2D eigenvalue weighted by atomic mass is 19.1. The summed E-state index contributed by atoms with van der Waals surface area (Å²) in [5.41, 5.74) is 1.96. The fourth-order valence-electron chi connectivity index (χ4n) is 2.44. The van der Waals surface area contributed by atoms with Crippen molar-refractivity contribution in [2.45, 2.75) is 19.6 Å². The van der Waals surface area contributed by atoms with Crippen molar-refractivity contribution < 1.29 is 13.9 Å². The van der Waals surface area contributed by atoms with Crippen molar-refractivity contribution in [2.75, 3.05) is 27.3 Å². The quantitative estimate of drug-likeness (QED) is 0.431. The van der Waals surface area contributed by atoms with Gasteiger partial charge < -0.3 is 20.1 Å². The third kappa shape index (κ3) is 6.04. The monoisotopic (exact) mass is 359 g/mol. The fraction of sp³-hybridized carbons (Fsp3) is 0.350. The van der Waals surface area contributed by atoms with Crippen LogP contribution in [0.2, 0.25) is 0 Å². The Bertz CT molecular complexity index is 707. The zero-order chi connectivity index (χ0) is 18.8. The van der Waals surface area contributed by atoms with Crippen molar-refractivity contribution in [3.8, 4) is 5.75 Å². The SMILES string of the molecule is CN=C(NCCOCc1ccccc1)NC(C)c1ccc(OC)c(F)c1. The van der Waals surface area contributed by atoms with Crippen LogP contribution in [0.5, 0.6) is 5.75 Å². The molecule has 0 aliphatic rings. The van der Waals surface area contributed by atoms with Gasteiger partial charge in [0.25, 0.3) is 0 Å². The maximum Gasteiger partial charge on any atom is 0.191 e. The number of guanidine groups is 1. The molecule has 0 radical (unpaired) electrons. The first kappa shape index (κ1) is 19.7. The summed E-state index contributed by atoms with van der Waals surface area (Å²) in [5, 5.41) is 6.42. The summed E-state index contributed by atoms with van der Waals surface area (Å²) in [6.45, 7) is 3.70. The van der Waals surface area contributed by atoms with Crippen molar-refractivity contribution in [1.82, 2.24) is 10.6 Å². The Morgan fingerprint density at radius 3 is 2.62 bits per heavy atom. The minimum absolute atomic E-state index is 0.105. The van der Waals surface area contributed by atoms with Gasteiger partial charge in [0.15, 0.2) is 17.5 Å².